The fraction of sp³-hybridized carbons (Fsp3) is 0.0769. The first-order valence-corrected chi connectivity index (χ1v) is 9.90. The Kier molecular flexibility index (Phi) is 6.03. The van der Waals surface area contributed by atoms with Gasteiger partial charge in [0, 0.05) is 11.1 Å². The monoisotopic (exact) mass is 412 g/mol. The van der Waals surface area contributed by atoms with Gasteiger partial charge in [0.05, 0.1) is 6.21 Å². The summed E-state index contributed by atoms with van der Waals surface area (Å²) in [6, 6.07) is 25.2. The van der Waals surface area contributed by atoms with E-state index in [1.165, 1.54) is 12.1 Å². The predicted molar refractivity (Wildman–Crippen MR) is 121 cm³/mol. The van der Waals surface area contributed by atoms with Gasteiger partial charge in [0.15, 0.2) is 0 Å². The fourth-order valence-electron chi connectivity index (χ4n) is 3.32. The highest BCUT2D eigenvalue weighted by Crippen LogP contribution is 2.27. The maximum absolute atomic E-state index is 13.1. The molecule has 0 unspecified atom stereocenters. The van der Waals surface area contributed by atoms with Crippen LogP contribution in [0.3, 0.4) is 0 Å². The molecule has 0 saturated carbocycles. The molecule has 0 atom stereocenters. The van der Waals surface area contributed by atoms with Crippen LogP contribution in [0.4, 0.5) is 4.39 Å². The third kappa shape index (κ3) is 4.78. The van der Waals surface area contributed by atoms with Crippen molar-refractivity contribution in [3.05, 3.63) is 113 Å². The summed E-state index contributed by atoms with van der Waals surface area (Å²) in [5.74, 6) is 0.0620. The molecule has 4 nitrogen and oxygen atoms in total. The quantitative estimate of drug-likeness (QED) is 0.330. The van der Waals surface area contributed by atoms with E-state index in [0.717, 1.165) is 27.5 Å². The van der Waals surface area contributed by atoms with E-state index in [0.29, 0.717) is 11.3 Å². The van der Waals surface area contributed by atoms with Crippen LogP contribution in [0.15, 0.2) is 90.0 Å². The summed E-state index contributed by atoms with van der Waals surface area (Å²) in [5, 5.41) is 6.16. The lowest BCUT2D eigenvalue weighted by atomic mass is 10.0. The van der Waals surface area contributed by atoms with Crippen LogP contribution in [-0.4, -0.2) is 12.1 Å². The molecule has 0 aliphatic heterocycles. The van der Waals surface area contributed by atoms with Crippen LogP contribution in [0.5, 0.6) is 5.75 Å². The number of ether oxygens (including phenoxy) is 1. The molecule has 4 aromatic carbocycles. The minimum atomic E-state index is -0.285. The average molecular weight is 412 g/mol. The zero-order valence-corrected chi connectivity index (χ0v) is 17.0. The molecule has 1 amide bonds. The van der Waals surface area contributed by atoms with Gasteiger partial charge in [-0.1, -0.05) is 60.7 Å². The van der Waals surface area contributed by atoms with E-state index in [4.69, 9.17) is 4.74 Å². The number of halogens is 1. The van der Waals surface area contributed by atoms with Crippen LogP contribution < -0.4 is 10.2 Å². The smallest absolute Gasteiger partial charge is 0.271 e. The molecule has 0 spiro atoms. The summed E-state index contributed by atoms with van der Waals surface area (Å²) in [6.07, 6.45) is 1.60. The number of hydrazone groups is 1. The van der Waals surface area contributed by atoms with Crippen molar-refractivity contribution in [1.29, 1.82) is 0 Å². The summed E-state index contributed by atoms with van der Waals surface area (Å²) in [5.41, 5.74) is 5.65. The van der Waals surface area contributed by atoms with Crippen LogP contribution in [0.25, 0.3) is 10.8 Å². The van der Waals surface area contributed by atoms with E-state index in [1.807, 2.05) is 61.5 Å². The number of carbonyl (C=O) groups excluding carboxylic acids is 1. The molecule has 0 bridgehead atoms. The van der Waals surface area contributed by atoms with Gasteiger partial charge in [0.1, 0.15) is 18.2 Å². The van der Waals surface area contributed by atoms with Crippen LogP contribution in [0, 0.1) is 12.7 Å². The summed E-state index contributed by atoms with van der Waals surface area (Å²) < 4.78 is 19.2. The number of hydrogen-bond donors (Lipinski definition) is 1. The van der Waals surface area contributed by atoms with Crippen LogP contribution >= 0.6 is 0 Å². The molecule has 154 valence electrons. The molecule has 4 rings (SSSR count). The third-order valence-corrected chi connectivity index (χ3v) is 4.99. The number of nitrogens with zero attached hydrogens (tertiary/aromatic N) is 1. The normalized spacial score (nSPS) is 11.0. The maximum Gasteiger partial charge on any atom is 0.271 e. The Morgan fingerprint density at radius 2 is 1.71 bits per heavy atom. The Hall–Kier alpha value is -3.99. The van der Waals surface area contributed by atoms with Crippen molar-refractivity contribution < 1.29 is 13.9 Å². The Morgan fingerprint density at radius 1 is 0.968 bits per heavy atom. The number of fused-ring (bicyclic) bond motifs is 1. The van der Waals surface area contributed by atoms with Crippen molar-refractivity contribution in [2.45, 2.75) is 13.5 Å². The van der Waals surface area contributed by atoms with E-state index < -0.39 is 0 Å². The Morgan fingerprint density at radius 3 is 2.52 bits per heavy atom. The molecule has 0 saturated heterocycles. The standard InChI is InChI=1S/C26H21FN2O2/c1-18-6-2-4-8-22(18)26(30)29-28-16-24-23-9-5-3-7-20(23)12-15-25(24)31-17-19-10-13-21(27)14-11-19/h2-16H,17H2,1H3,(H,29,30). The molecule has 4 aromatic rings. The molecule has 0 fully saturated rings. The number of rotatable bonds is 6. The maximum atomic E-state index is 13.1. The lowest BCUT2D eigenvalue weighted by molar-refractivity contribution is 0.0954. The van der Waals surface area contributed by atoms with Gasteiger partial charge in [0.2, 0.25) is 0 Å². The summed E-state index contributed by atoms with van der Waals surface area (Å²) in [7, 11) is 0. The molecule has 0 aliphatic carbocycles. The first-order chi connectivity index (χ1) is 15.1. The summed E-state index contributed by atoms with van der Waals surface area (Å²) in [6.45, 7) is 2.17. The van der Waals surface area contributed by atoms with Gasteiger partial charge in [-0.15, -0.1) is 0 Å². The highest BCUT2D eigenvalue weighted by molar-refractivity contribution is 6.03. The molecule has 0 aromatic heterocycles. The second-order valence-electron chi connectivity index (χ2n) is 7.13. The van der Waals surface area contributed by atoms with Crippen LogP contribution in [-0.2, 0) is 6.61 Å². The highest BCUT2D eigenvalue weighted by Gasteiger charge is 2.10. The predicted octanol–water partition coefficient (Wildman–Crippen LogP) is 5.63. The number of carbonyl (C=O) groups is 1. The van der Waals surface area contributed by atoms with Gasteiger partial charge in [0.25, 0.3) is 5.91 Å². The lowest BCUT2D eigenvalue weighted by Gasteiger charge is -2.12. The lowest BCUT2D eigenvalue weighted by Crippen LogP contribution is -2.18. The molecule has 31 heavy (non-hydrogen) atoms. The molecule has 0 radical (unpaired) electrons. The van der Waals surface area contributed by atoms with E-state index in [-0.39, 0.29) is 18.3 Å². The van der Waals surface area contributed by atoms with Gasteiger partial charge < -0.3 is 4.74 Å². The number of hydrogen-bond acceptors (Lipinski definition) is 3. The van der Waals surface area contributed by atoms with Crippen molar-refractivity contribution in [2.24, 2.45) is 5.10 Å². The van der Waals surface area contributed by atoms with Gasteiger partial charge in [-0.3, -0.25) is 4.79 Å². The van der Waals surface area contributed by atoms with E-state index in [9.17, 15) is 9.18 Å². The van der Waals surface area contributed by atoms with Gasteiger partial charge in [-0.25, -0.2) is 9.82 Å². The van der Waals surface area contributed by atoms with Gasteiger partial charge in [-0.2, -0.15) is 5.10 Å². The zero-order valence-electron chi connectivity index (χ0n) is 17.0. The van der Waals surface area contributed by atoms with Crippen LogP contribution in [0.1, 0.15) is 27.0 Å². The molecule has 0 aliphatic rings. The van der Waals surface area contributed by atoms with Gasteiger partial charge >= 0.3 is 0 Å². The van der Waals surface area contributed by atoms with Gasteiger partial charge in [-0.05, 0) is 53.1 Å². The van der Waals surface area contributed by atoms with Crippen LogP contribution in [0.2, 0.25) is 0 Å². The first-order valence-electron chi connectivity index (χ1n) is 9.90. The minimum Gasteiger partial charge on any atom is -0.488 e. The van der Waals surface area contributed by atoms with E-state index >= 15 is 0 Å². The second kappa shape index (κ2) is 9.22. The topological polar surface area (TPSA) is 50.7 Å². The molecular weight excluding hydrogens is 391 g/mol. The van der Waals surface area contributed by atoms with Crippen molar-refractivity contribution >= 4 is 22.9 Å². The largest absolute Gasteiger partial charge is 0.488 e. The highest BCUT2D eigenvalue weighted by atomic mass is 19.1. The molecule has 1 N–H and O–H groups in total. The number of benzene rings is 4. The molecule has 0 heterocycles. The SMILES string of the molecule is Cc1ccccc1C(=O)NN=Cc1c(OCc2ccc(F)cc2)ccc2ccccc12. The Labute approximate surface area is 180 Å². The van der Waals surface area contributed by atoms with E-state index in [1.54, 1.807) is 24.4 Å². The first kappa shape index (κ1) is 20.3. The summed E-state index contributed by atoms with van der Waals surface area (Å²) in [4.78, 5) is 12.5. The number of nitrogens with one attached hydrogen (secondary N) is 1. The average Bonchev–Trinajstić information content (AvgIpc) is 2.79. The zero-order chi connectivity index (χ0) is 21.6. The summed E-state index contributed by atoms with van der Waals surface area (Å²) >= 11 is 0. The fourth-order valence-corrected chi connectivity index (χ4v) is 3.32. The molecular formula is C26H21FN2O2. The van der Waals surface area contributed by atoms with Crippen molar-refractivity contribution in [1.82, 2.24) is 5.43 Å². The third-order valence-electron chi connectivity index (χ3n) is 4.99. The number of aryl methyl sites for hydroxylation is 1. The Balaban J connectivity index is 1.59. The van der Waals surface area contributed by atoms with E-state index in [2.05, 4.69) is 10.5 Å². The Bertz CT molecular complexity index is 1250. The van der Waals surface area contributed by atoms with Crippen molar-refractivity contribution in [3.8, 4) is 5.75 Å². The molecule has 5 heteroatoms. The number of amides is 1. The minimum absolute atomic E-state index is 0.275. The second-order valence-corrected chi connectivity index (χ2v) is 7.13. The van der Waals surface area contributed by atoms with Crippen molar-refractivity contribution in [2.75, 3.05) is 0 Å². The van der Waals surface area contributed by atoms with Crippen molar-refractivity contribution in [3.63, 3.8) is 0 Å².